The van der Waals surface area contributed by atoms with Crippen molar-refractivity contribution >= 4 is 34.8 Å². The summed E-state index contributed by atoms with van der Waals surface area (Å²) < 4.78 is 0. The number of halogens is 1. The van der Waals surface area contributed by atoms with Crippen LogP contribution in [0.15, 0.2) is 36.4 Å². The van der Waals surface area contributed by atoms with Gasteiger partial charge in [0.1, 0.15) is 0 Å². The van der Waals surface area contributed by atoms with Gasteiger partial charge in [-0.1, -0.05) is 17.7 Å². The lowest BCUT2D eigenvalue weighted by Crippen LogP contribution is -2.29. The zero-order valence-electron chi connectivity index (χ0n) is 10.7. The molecular formula is C15H11ClN2O2. The van der Waals surface area contributed by atoms with Crippen molar-refractivity contribution in [1.82, 2.24) is 0 Å². The van der Waals surface area contributed by atoms with Gasteiger partial charge in [0, 0.05) is 5.69 Å². The summed E-state index contributed by atoms with van der Waals surface area (Å²) >= 11 is 6.11. The van der Waals surface area contributed by atoms with Gasteiger partial charge < -0.3 is 5.73 Å². The van der Waals surface area contributed by atoms with E-state index in [0.29, 0.717) is 27.5 Å². The Balaban J connectivity index is 2.16. The molecule has 0 aliphatic carbocycles. The molecule has 2 N–H and O–H groups in total. The highest BCUT2D eigenvalue weighted by Gasteiger charge is 2.37. The van der Waals surface area contributed by atoms with Gasteiger partial charge in [-0.25, -0.2) is 4.90 Å². The Morgan fingerprint density at radius 3 is 2.45 bits per heavy atom. The second-order valence-electron chi connectivity index (χ2n) is 4.71. The van der Waals surface area contributed by atoms with Crippen LogP contribution in [0.1, 0.15) is 26.3 Å². The minimum absolute atomic E-state index is 0.313. The van der Waals surface area contributed by atoms with Crippen molar-refractivity contribution < 1.29 is 9.59 Å². The third kappa shape index (κ3) is 1.77. The molecule has 0 radical (unpaired) electrons. The normalized spacial score (nSPS) is 13.8. The van der Waals surface area contributed by atoms with Crippen LogP contribution in [0.3, 0.4) is 0 Å². The lowest BCUT2D eigenvalue weighted by atomic mass is 10.1. The van der Waals surface area contributed by atoms with Gasteiger partial charge in [0.15, 0.2) is 0 Å². The van der Waals surface area contributed by atoms with Gasteiger partial charge in [-0.15, -0.1) is 0 Å². The summed E-state index contributed by atoms with van der Waals surface area (Å²) in [4.78, 5) is 25.9. The van der Waals surface area contributed by atoms with E-state index in [-0.39, 0.29) is 5.91 Å². The van der Waals surface area contributed by atoms with Crippen LogP contribution in [0.4, 0.5) is 11.4 Å². The molecule has 0 unspecified atom stereocenters. The average Bonchev–Trinajstić information content (AvgIpc) is 2.65. The third-order valence-electron chi connectivity index (χ3n) is 3.25. The van der Waals surface area contributed by atoms with Gasteiger partial charge in [0.05, 0.1) is 21.8 Å². The molecule has 20 heavy (non-hydrogen) atoms. The number of aryl methyl sites for hydroxylation is 1. The van der Waals surface area contributed by atoms with Crippen LogP contribution in [-0.4, -0.2) is 11.8 Å². The zero-order valence-corrected chi connectivity index (χ0v) is 11.4. The largest absolute Gasteiger partial charge is 0.399 e. The second-order valence-corrected chi connectivity index (χ2v) is 5.11. The van der Waals surface area contributed by atoms with Crippen LogP contribution in [0.2, 0.25) is 5.02 Å². The number of nitrogens with two attached hydrogens (primary N) is 1. The first-order valence-corrected chi connectivity index (χ1v) is 6.41. The first kappa shape index (κ1) is 12.7. The Morgan fingerprint density at radius 2 is 1.70 bits per heavy atom. The number of nitrogen functional groups attached to an aromatic ring is 1. The van der Waals surface area contributed by atoms with Crippen molar-refractivity contribution in [2.75, 3.05) is 10.6 Å². The van der Waals surface area contributed by atoms with E-state index in [0.717, 1.165) is 10.5 Å². The Hall–Kier alpha value is -2.33. The minimum Gasteiger partial charge on any atom is -0.399 e. The molecule has 2 aromatic carbocycles. The maximum atomic E-state index is 12.4. The van der Waals surface area contributed by atoms with E-state index in [1.807, 2.05) is 13.0 Å². The second kappa shape index (κ2) is 4.35. The van der Waals surface area contributed by atoms with E-state index >= 15 is 0 Å². The van der Waals surface area contributed by atoms with Crippen molar-refractivity contribution in [3.05, 3.63) is 58.1 Å². The quantitative estimate of drug-likeness (QED) is 0.647. The van der Waals surface area contributed by atoms with Crippen molar-refractivity contribution in [1.29, 1.82) is 0 Å². The molecule has 0 bridgehead atoms. The summed E-state index contributed by atoms with van der Waals surface area (Å²) in [5.41, 5.74) is 8.09. The molecule has 1 aliphatic rings. The summed E-state index contributed by atoms with van der Waals surface area (Å²) in [7, 11) is 0. The van der Waals surface area contributed by atoms with Crippen molar-refractivity contribution in [3.8, 4) is 0 Å². The van der Waals surface area contributed by atoms with Gasteiger partial charge >= 0.3 is 0 Å². The summed E-state index contributed by atoms with van der Waals surface area (Å²) in [6, 6.07) is 9.89. The highest BCUT2D eigenvalue weighted by molar-refractivity contribution is 6.39. The summed E-state index contributed by atoms with van der Waals surface area (Å²) in [6.45, 7) is 1.87. The number of carbonyl (C=O) groups is 2. The number of hydrogen-bond donors (Lipinski definition) is 1. The Bertz CT molecular complexity index is 756. The molecule has 0 spiro atoms. The SMILES string of the molecule is Cc1ccc(Cl)c(N2C(=O)c3ccc(N)cc3C2=O)c1. The first-order chi connectivity index (χ1) is 9.49. The van der Waals surface area contributed by atoms with Gasteiger partial charge in [0.2, 0.25) is 0 Å². The van der Waals surface area contributed by atoms with Crippen LogP contribution < -0.4 is 10.6 Å². The summed E-state index contributed by atoms with van der Waals surface area (Å²) in [5, 5.41) is 0.359. The highest BCUT2D eigenvalue weighted by Crippen LogP contribution is 2.34. The number of imide groups is 1. The lowest BCUT2D eigenvalue weighted by molar-refractivity contribution is 0.0926. The molecular weight excluding hydrogens is 276 g/mol. The molecule has 0 saturated carbocycles. The van der Waals surface area contributed by atoms with Crippen molar-refractivity contribution in [2.24, 2.45) is 0 Å². The monoisotopic (exact) mass is 286 g/mol. The third-order valence-corrected chi connectivity index (χ3v) is 3.57. The highest BCUT2D eigenvalue weighted by atomic mass is 35.5. The van der Waals surface area contributed by atoms with Crippen LogP contribution in [0.5, 0.6) is 0 Å². The fourth-order valence-electron chi connectivity index (χ4n) is 2.27. The fraction of sp³-hybridized carbons (Fsp3) is 0.0667. The van der Waals surface area contributed by atoms with Crippen LogP contribution in [-0.2, 0) is 0 Å². The number of benzene rings is 2. The molecule has 1 heterocycles. The average molecular weight is 287 g/mol. The number of rotatable bonds is 1. The number of nitrogens with zero attached hydrogens (tertiary/aromatic N) is 1. The topological polar surface area (TPSA) is 63.4 Å². The van der Waals surface area contributed by atoms with Gasteiger partial charge in [-0.3, -0.25) is 9.59 Å². The molecule has 2 aromatic rings. The van der Waals surface area contributed by atoms with E-state index in [4.69, 9.17) is 17.3 Å². The maximum absolute atomic E-state index is 12.4. The predicted octanol–water partition coefficient (Wildman–Crippen LogP) is 3.03. The molecule has 1 aliphatic heterocycles. The number of hydrogen-bond acceptors (Lipinski definition) is 3. The van der Waals surface area contributed by atoms with E-state index in [9.17, 15) is 9.59 Å². The molecule has 0 saturated heterocycles. The molecule has 0 aromatic heterocycles. The van der Waals surface area contributed by atoms with E-state index < -0.39 is 5.91 Å². The Kier molecular flexibility index (Phi) is 2.76. The predicted molar refractivity (Wildman–Crippen MR) is 78.2 cm³/mol. The molecule has 4 nitrogen and oxygen atoms in total. The first-order valence-electron chi connectivity index (χ1n) is 6.03. The molecule has 3 rings (SSSR count). The van der Waals surface area contributed by atoms with E-state index in [1.54, 1.807) is 24.3 Å². The van der Waals surface area contributed by atoms with Crippen LogP contribution in [0, 0.1) is 6.92 Å². The number of anilines is 2. The summed E-state index contributed by atoms with van der Waals surface area (Å²) in [5.74, 6) is -0.776. The number of amides is 2. The lowest BCUT2D eigenvalue weighted by Gasteiger charge is -2.16. The zero-order chi connectivity index (χ0) is 14.4. The smallest absolute Gasteiger partial charge is 0.266 e. The van der Waals surface area contributed by atoms with Gasteiger partial charge in [0.25, 0.3) is 11.8 Å². The van der Waals surface area contributed by atoms with Gasteiger partial charge in [-0.05, 0) is 42.8 Å². The van der Waals surface area contributed by atoms with Crippen LogP contribution in [0.25, 0.3) is 0 Å². The van der Waals surface area contributed by atoms with E-state index in [1.165, 1.54) is 6.07 Å². The van der Waals surface area contributed by atoms with E-state index in [2.05, 4.69) is 0 Å². The van der Waals surface area contributed by atoms with Gasteiger partial charge in [-0.2, -0.15) is 0 Å². The number of carbonyl (C=O) groups excluding carboxylic acids is 2. The van der Waals surface area contributed by atoms with Crippen molar-refractivity contribution in [2.45, 2.75) is 6.92 Å². The van der Waals surface area contributed by atoms with Crippen molar-refractivity contribution in [3.63, 3.8) is 0 Å². The molecule has 0 fully saturated rings. The summed E-state index contributed by atoms with van der Waals surface area (Å²) in [6.07, 6.45) is 0. The molecule has 0 atom stereocenters. The molecule has 2 amide bonds. The molecule has 100 valence electrons. The maximum Gasteiger partial charge on any atom is 0.266 e. The standard InChI is InChI=1S/C15H11ClN2O2/c1-8-2-5-12(16)13(6-8)18-14(19)10-4-3-9(17)7-11(10)15(18)20/h2-7H,17H2,1H3. The minimum atomic E-state index is -0.398. The molecule has 5 heteroatoms. The number of fused-ring (bicyclic) bond motifs is 1. The fourth-order valence-corrected chi connectivity index (χ4v) is 2.47. The Morgan fingerprint density at radius 1 is 1.00 bits per heavy atom. The Labute approximate surface area is 120 Å². The van der Waals surface area contributed by atoms with Crippen LogP contribution >= 0.6 is 11.6 Å².